The second-order valence-corrected chi connectivity index (χ2v) is 7.51. The first kappa shape index (κ1) is 20.1. The summed E-state index contributed by atoms with van der Waals surface area (Å²) in [7, 11) is 1.92. The van der Waals surface area contributed by atoms with E-state index in [9.17, 15) is 9.59 Å². The van der Waals surface area contributed by atoms with Crippen molar-refractivity contribution in [2.45, 2.75) is 32.6 Å². The minimum Gasteiger partial charge on any atom is -0.465 e. The van der Waals surface area contributed by atoms with E-state index in [1.165, 1.54) is 0 Å². The van der Waals surface area contributed by atoms with E-state index in [-0.39, 0.29) is 30.4 Å². The van der Waals surface area contributed by atoms with Gasteiger partial charge in [0.2, 0.25) is 0 Å². The lowest BCUT2D eigenvalue weighted by molar-refractivity contribution is -0.152. The van der Waals surface area contributed by atoms with Crippen molar-refractivity contribution in [3.63, 3.8) is 0 Å². The lowest BCUT2D eigenvalue weighted by Gasteiger charge is -2.25. The minimum atomic E-state index is -0.378. The maximum atomic E-state index is 12.7. The van der Waals surface area contributed by atoms with Gasteiger partial charge in [0, 0.05) is 24.9 Å². The van der Waals surface area contributed by atoms with Crippen LogP contribution < -0.4 is 0 Å². The maximum Gasteiger partial charge on any atom is 0.338 e. The molecule has 1 fully saturated rings. The van der Waals surface area contributed by atoms with Gasteiger partial charge >= 0.3 is 11.9 Å². The molecule has 2 atom stereocenters. The minimum absolute atomic E-state index is 0.163. The summed E-state index contributed by atoms with van der Waals surface area (Å²) in [5, 5.41) is 0. The number of esters is 2. The highest BCUT2D eigenvalue weighted by molar-refractivity contribution is 5.89. The van der Waals surface area contributed by atoms with Gasteiger partial charge in [0.15, 0.2) is 0 Å². The Morgan fingerprint density at radius 2 is 1.96 bits per heavy atom. The normalized spacial score (nSPS) is 15.6. The van der Waals surface area contributed by atoms with E-state index in [0.29, 0.717) is 30.9 Å². The van der Waals surface area contributed by atoms with Crippen molar-refractivity contribution in [3.05, 3.63) is 54.1 Å². The zero-order valence-corrected chi connectivity index (χ0v) is 16.5. The van der Waals surface area contributed by atoms with Gasteiger partial charge in [-0.2, -0.15) is 0 Å². The van der Waals surface area contributed by atoms with Crippen LogP contribution in [0.3, 0.4) is 0 Å². The molecule has 0 spiro atoms. The summed E-state index contributed by atoms with van der Waals surface area (Å²) in [4.78, 5) is 29.2. The largest absolute Gasteiger partial charge is 0.465 e. The Kier molecular flexibility index (Phi) is 6.85. The lowest BCUT2D eigenvalue weighted by Crippen LogP contribution is -2.32. The summed E-state index contributed by atoms with van der Waals surface area (Å²) >= 11 is 0. The average molecular weight is 384 g/mol. The number of hydrogen-bond donors (Lipinski definition) is 0. The Morgan fingerprint density at radius 3 is 2.57 bits per heavy atom. The van der Waals surface area contributed by atoms with E-state index in [0.717, 1.165) is 18.5 Å². The number of carbonyl (C=O) groups is 2. The third-order valence-electron chi connectivity index (χ3n) is 5.30. The molecule has 6 heteroatoms. The number of ether oxygens (including phenoxy) is 2. The number of aromatic nitrogens is 2. The summed E-state index contributed by atoms with van der Waals surface area (Å²) in [5.41, 5.74) is 1.50. The van der Waals surface area contributed by atoms with Crippen LogP contribution in [0.15, 0.2) is 42.9 Å². The fourth-order valence-electron chi connectivity index (χ4n) is 3.29. The highest BCUT2D eigenvalue weighted by atomic mass is 16.5. The van der Waals surface area contributed by atoms with Gasteiger partial charge < -0.3 is 14.0 Å². The summed E-state index contributed by atoms with van der Waals surface area (Å²) in [6.07, 6.45) is 7.02. The molecule has 1 saturated carbocycles. The topological polar surface area (TPSA) is 70.4 Å². The first-order valence-corrected chi connectivity index (χ1v) is 9.92. The predicted molar refractivity (Wildman–Crippen MR) is 105 cm³/mol. The third kappa shape index (κ3) is 5.44. The quantitative estimate of drug-likeness (QED) is 0.587. The SMILES string of the molecule is CC[C@H](C(=O)OCC1CC1)[C@H](COC(=O)c1ccccc1)Cc1cncn1C. The summed E-state index contributed by atoms with van der Waals surface area (Å²) in [6, 6.07) is 8.89. The molecule has 1 aliphatic rings. The van der Waals surface area contributed by atoms with Crippen LogP contribution in [0, 0.1) is 17.8 Å². The van der Waals surface area contributed by atoms with Crippen LogP contribution in [-0.2, 0) is 27.7 Å². The second-order valence-electron chi connectivity index (χ2n) is 7.51. The maximum absolute atomic E-state index is 12.7. The molecule has 28 heavy (non-hydrogen) atoms. The van der Waals surface area contributed by atoms with Gasteiger partial charge in [-0.1, -0.05) is 25.1 Å². The van der Waals surface area contributed by atoms with Crippen LogP contribution in [0.5, 0.6) is 0 Å². The van der Waals surface area contributed by atoms with Gasteiger partial charge in [-0.25, -0.2) is 9.78 Å². The summed E-state index contributed by atoms with van der Waals surface area (Å²) in [5.74, 6) is -0.543. The monoisotopic (exact) mass is 384 g/mol. The molecule has 0 bridgehead atoms. The van der Waals surface area contributed by atoms with Crippen LogP contribution in [-0.4, -0.2) is 34.7 Å². The van der Waals surface area contributed by atoms with Crippen LogP contribution in [0.2, 0.25) is 0 Å². The van der Waals surface area contributed by atoms with E-state index >= 15 is 0 Å². The number of nitrogens with zero attached hydrogens (tertiary/aromatic N) is 2. The molecule has 2 aromatic rings. The van der Waals surface area contributed by atoms with Gasteiger partial charge in [-0.3, -0.25) is 4.79 Å². The van der Waals surface area contributed by atoms with Gasteiger partial charge in [0.05, 0.1) is 31.0 Å². The molecule has 1 aromatic carbocycles. The fourth-order valence-corrected chi connectivity index (χ4v) is 3.29. The number of imidazole rings is 1. The highest BCUT2D eigenvalue weighted by Gasteiger charge is 2.32. The van der Waals surface area contributed by atoms with Crippen LogP contribution >= 0.6 is 0 Å². The Labute approximate surface area is 165 Å². The zero-order chi connectivity index (χ0) is 19.9. The Hall–Kier alpha value is -2.63. The van der Waals surface area contributed by atoms with Crippen molar-refractivity contribution in [2.24, 2.45) is 24.8 Å². The molecule has 150 valence electrons. The van der Waals surface area contributed by atoms with Crippen LogP contribution in [0.1, 0.15) is 42.2 Å². The van der Waals surface area contributed by atoms with Gasteiger partial charge in [0.1, 0.15) is 0 Å². The van der Waals surface area contributed by atoms with Gasteiger partial charge in [0.25, 0.3) is 0 Å². The van der Waals surface area contributed by atoms with E-state index in [1.807, 2.05) is 24.6 Å². The molecular weight excluding hydrogens is 356 g/mol. The van der Waals surface area contributed by atoms with Crippen molar-refractivity contribution in [3.8, 4) is 0 Å². The lowest BCUT2D eigenvalue weighted by atomic mass is 9.87. The molecule has 1 heterocycles. The average Bonchev–Trinajstić information content (AvgIpc) is 3.46. The van der Waals surface area contributed by atoms with E-state index in [4.69, 9.17) is 9.47 Å². The standard InChI is InChI=1S/C22H28N2O4/c1-3-20(22(26)27-13-16-9-10-16)18(11-19-12-23-15-24(19)2)14-28-21(25)17-7-5-4-6-8-17/h4-8,12,15-16,18,20H,3,9-11,13-14H2,1-2H3/t18-,20-/m0/s1. The number of rotatable bonds is 10. The van der Waals surface area contributed by atoms with Crippen molar-refractivity contribution in [1.82, 2.24) is 9.55 Å². The number of hydrogen-bond acceptors (Lipinski definition) is 5. The molecular formula is C22H28N2O4. The van der Waals surface area contributed by atoms with Gasteiger partial charge in [-0.05, 0) is 43.7 Å². The molecule has 0 aliphatic heterocycles. The second kappa shape index (κ2) is 9.53. The molecule has 6 nitrogen and oxygen atoms in total. The Balaban J connectivity index is 1.68. The van der Waals surface area contributed by atoms with E-state index in [1.54, 1.807) is 36.8 Å². The van der Waals surface area contributed by atoms with Crippen LogP contribution in [0.4, 0.5) is 0 Å². The van der Waals surface area contributed by atoms with Crippen LogP contribution in [0.25, 0.3) is 0 Å². The molecule has 3 rings (SSSR count). The highest BCUT2D eigenvalue weighted by Crippen LogP contribution is 2.30. The Morgan fingerprint density at radius 1 is 1.21 bits per heavy atom. The number of benzene rings is 1. The number of aryl methyl sites for hydroxylation is 1. The predicted octanol–water partition coefficient (Wildman–Crippen LogP) is 3.42. The molecule has 0 unspecified atom stereocenters. The fraction of sp³-hybridized carbons (Fsp3) is 0.500. The molecule has 1 aromatic heterocycles. The van der Waals surface area contributed by atoms with E-state index in [2.05, 4.69) is 4.98 Å². The van der Waals surface area contributed by atoms with Crippen molar-refractivity contribution >= 4 is 11.9 Å². The molecule has 0 N–H and O–H groups in total. The smallest absolute Gasteiger partial charge is 0.338 e. The Bertz CT molecular complexity index is 783. The number of carbonyl (C=O) groups excluding carboxylic acids is 2. The first-order chi connectivity index (χ1) is 13.6. The molecule has 0 saturated heterocycles. The van der Waals surface area contributed by atoms with Crippen molar-refractivity contribution in [2.75, 3.05) is 13.2 Å². The van der Waals surface area contributed by atoms with Crippen molar-refractivity contribution in [1.29, 1.82) is 0 Å². The summed E-state index contributed by atoms with van der Waals surface area (Å²) < 4.78 is 13.0. The third-order valence-corrected chi connectivity index (χ3v) is 5.30. The molecule has 1 aliphatic carbocycles. The van der Waals surface area contributed by atoms with Gasteiger partial charge in [-0.15, -0.1) is 0 Å². The summed E-state index contributed by atoms with van der Waals surface area (Å²) in [6.45, 7) is 2.63. The molecule has 0 radical (unpaired) electrons. The van der Waals surface area contributed by atoms with E-state index < -0.39 is 0 Å². The zero-order valence-electron chi connectivity index (χ0n) is 16.5. The molecule has 0 amide bonds. The first-order valence-electron chi connectivity index (χ1n) is 9.92. The van der Waals surface area contributed by atoms with Crippen molar-refractivity contribution < 1.29 is 19.1 Å².